The summed E-state index contributed by atoms with van der Waals surface area (Å²) in [5.41, 5.74) is 3.14. The molecule has 0 saturated heterocycles. The number of hydrogen-bond acceptors (Lipinski definition) is 3. The van der Waals surface area contributed by atoms with E-state index in [4.69, 9.17) is 4.74 Å². The number of aromatic nitrogens is 1. The minimum atomic E-state index is 0.617. The molecule has 2 aromatic rings. The van der Waals surface area contributed by atoms with Crippen LogP contribution in [0.1, 0.15) is 19.5 Å². The van der Waals surface area contributed by atoms with Crippen molar-refractivity contribution in [1.82, 2.24) is 4.98 Å². The number of hydrogen-bond donors (Lipinski definition) is 1. The zero-order chi connectivity index (χ0) is 13.1. The summed E-state index contributed by atoms with van der Waals surface area (Å²) in [4.78, 5) is 4.55. The Kier molecular flexibility index (Phi) is 3.70. The second-order valence-electron chi connectivity index (χ2n) is 4.97. The van der Waals surface area contributed by atoms with Crippen molar-refractivity contribution in [2.75, 3.05) is 19.0 Å². The summed E-state index contributed by atoms with van der Waals surface area (Å²) >= 11 is 0. The van der Waals surface area contributed by atoms with Crippen molar-refractivity contribution in [3.8, 4) is 5.75 Å². The second kappa shape index (κ2) is 5.25. The van der Waals surface area contributed by atoms with E-state index in [1.54, 1.807) is 7.11 Å². The molecule has 0 aliphatic rings. The molecule has 0 amide bonds. The number of anilines is 1. The first-order valence-electron chi connectivity index (χ1n) is 6.29. The van der Waals surface area contributed by atoms with E-state index in [1.807, 2.05) is 19.1 Å². The van der Waals surface area contributed by atoms with Gasteiger partial charge in [0.25, 0.3) is 0 Å². The Morgan fingerprint density at radius 2 is 2.06 bits per heavy atom. The Labute approximate surface area is 108 Å². The number of methoxy groups -OCH3 is 1. The summed E-state index contributed by atoms with van der Waals surface area (Å²) in [6.45, 7) is 7.38. The predicted molar refractivity (Wildman–Crippen MR) is 76.4 cm³/mol. The monoisotopic (exact) mass is 244 g/mol. The van der Waals surface area contributed by atoms with Crippen molar-refractivity contribution in [2.24, 2.45) is 5.92 Å². The SMILES string of the molecule is COc1ccc2c(NCC(C)C)cc(C)nc2c1. The van der Waals surface area contributed by atoms with Gasteiger partial charge in [0.05, 0.1) is 12.6 Å². The predicted octanol–water partition coefficient (Wildman–Crippen LogP) is 3.62. The van der Waals surface area contributed by atoms with Crippen molar-refractivity contribution in [3.63, 3.8) is 0 Å². The van der Waals surface area contributed by atoms with Crippen LogP contribution >= 0.6 is 0 Å². The Morgan fingerprint density at radius 3 is 2.72 bits per heavy atom. The lowest BCUT2D eigenvalue weighted by molar-refractivity contribution is 0.415. The van der Waals surface area contributed by atoms with E-state index in [0.29, 0.717) is 5.92 Å². The molecule has 18 heavy (non-hydrogen) atoms. The number of pyridine rings is 1. The van der Waals surface area contributed by atoms with Gasteiger partial charge in [-0.2, -0.15) is 0 Å². The molecule has 0 saturated carbocycles. The van der Waals surface area contributed by atoms with Gasteiger partial charge in [0.2, 0.25) is 0 Å². The Bertz CT molecular complexity index is 549. The molecule has 0 spiro atoms. The van der Waals surface area contributed by atoms with Gasteiger partial charge in [-0.05, 0) is 31.0 Å². The summed E-state index contributed by atoms with van der Waals surface area (Å²) in [6, 6.07) is 8.10. The van der Waals surface area contributed by atoms with Crippen molar-refractivity contribution < 1.29 is 4.74 Å². The maximum Gasteiger partial charge on any atom is 0.121 e. The standard InChI is InChI=1S/C15H20N2O/c1-10(2)9-16-14-7-11(3)17-15-8-12(18-4)5-6-13(14)15/h5-8,10H,9H2,1-4H3,(H,16,17). The molecule has 0 aliphatic carbocycles. The minimum absolute atomic E-state index is 0.617. The van der Waals surface area contributed by atoms with Gasteiger partial charge in [0.1, 0.15) is 5.75 Å². The lowest BCUT2D eigenvalue weighted by atomic mass is 10.1. The molecule has 0 radical (unpaired) electrons. The van der Waals surface area contributed by atoms with Crippen LogP contribution in [0, 0.1) is 12.8 Å². The summed E-state index contributed by atoms with van der Waals surface area (Å²) in [5, 5.41) is 4.63. The molecular weight excluding hydrogens is 224 g/mol. The molecule has 0 fully saturated rings. The molecule has 1 aromatic carbocycles. The van der Waals surface area contributed by atoms with Crippen LogP contribution in [0.4, 0.5) is 5.69 Å². The lowest BCUT2D eigenvalue weighted by Crippen LogP contribution is -2.08. The number of nitrogens with one attached hydrogen (secondary N) is 1. The third kappa shape index (κ3) is 2.73. The fraction of sp³-hybridized carbons (Fsp3) is 0.400. The summed E-state index contributed by atoms with van der Waals surface area (Å²) in [7, 11) is 1.68. The topological polar surface area (TPSA) is 34.1 Å². The quantitative estimate of drug-likeness (QED) is 0.892. The van der Waals surface area contributed by atoms with Gasteiger partial charge >= 0.3 is 0 Å². The highest BCUT2D eigenvalue weighted by Gasteiger charge is 2.05. The van der Waals surface area contributed by atoms with E-state index in [9.17, 15) is 0 Å². The highest BCUT2D eigenvalue weighted by atomic mass is 16.5. The van der Waals surface area contributed by atoms with Crippen LogP contribution in [0.15, 0.2) is 24.3 Å². The van der Waals surface area contributed by atoms with Gasteiger partial charge in [0, 0.05) is 29.4 Å². The molecule has 1 heterocycles. The summed E-state index contributed by atoms with van der Waals surface area (Å²) < 4.78 is 5.24. The molecule has 0 unspecified atom stereocenters. The number of aryl methyl sites for hydroxylation is 1. The number of fused-ring (bicyclic) bond motifs is 1. The van der Waals surface area contributed by atoms with Gasteiger partial charge in [-0.3, -0.25) is 4.98 Å². The van der Waals surface area contributed by atoms with Crippen molar-refractivity contribution in [1.29, 1.82) is 0 Å². The van der Waals surface area contributed by atoms with Crippen molar-refractivity contribution in [3.05, 3.63) is 30.0 Å². The smallest absolute Gasteiger partial charge is 0.121 e. The minimum Gasteiger partial charge on any atom is -0.497 e. The van der Waals surface area contributed by atoms with E-state index in [1.165, 1.54) is 0 Å². The first kappa shape index (κ1) is 12.7. The van der Waals surface area contributed by atoms with Crippen LogP contribution in [-0.2, 0) is 0 Å². The van der Waals surface area contributed by atoms with E-state index in [0.717, 1.165) is 34.6 Å². The van der Waals surface area contributed by atoms with Gasteiger partial charge in [-0.1, -0.05) is 13.8 Å². The zero-order valence-electron chi connectivity index (χ0n) is 11.4. The second-order valence-corrected chi connectivity index (χ2v) is 4.97. The number of rotatable bonds is 4. The molecule has 2 rings (SSSR count). The number of nitrogens with zero attached hydrogens (tertiary/aromatic N) is 1. The molecule has 1 aromatic heterocycles. The van der Waals surface area contributed by atoms with Crippen LogP contribution < -0.4 is 10.1 Å². The molecule has 1 N–H and O–H groups in total. The first-order valence-corrected chi connectivity index (χ1v) is 6.29. The van der Waals surface area contributed by atoms with E-state index in [-0.39, 0.29) is 0 Å². The van der Waals surface area contributed by atoms with Crippen LogP contribution in [0.5, 0.6) is 5.75 Å². The van der Waals surface area contributed by atoms with Gasteiger partial charge in [0.15, 0.2) is 0 Å². The molecule has 3 nitrogen and oxygen atoms in total. The average Bonchev–Trinajstić information content (AvgIpc) is 2.34. The lowest BCUT2D eigenvalue weighted by Gasteiger charge is -2.13. The van der Waals surface area contributed by atoms with Crippen LogP contribution in [-0.4, -0.2) is 18.6 Å². The number of benzene rings is 1. The third-order valence-corrected chi connectivity index (χ3v) is 2.85. The molecular formula is C15H20N2O. The maximum absolute atomic E-state index is 5.24. The Balaban J connectivity index is 2.45. The van der Waals surface area contributed by atoms with Crippen molar-refractivity contribution in [2.45, 2.75) is 20.8 Å². The van der Waals surface area contributed by atoms with Crippen molar-refractivity contribution >= 4 is 16.6 Å². The van der Waals surface area contributed by atoms with Gasteiger partial charge in [-0.25, -0.2) is 0 Å². The summed E-state index contributed by atoms with van der Waals surface area (Å²) in [6.07, 6.45) is 0. The van der Waals surface area contributed by atoms with Crippen LogP contribution in [0.25, 0.3) is 10.9 Å². The van der Waals surface area contributed by atoms with Crippen LogP contribution in [0.2, 0.25) is 0 Å². The summed E-state index contributed by atoms with van der Waals surface area (Å²) in [5.74, 6) is 1.46. The molecule has 0 bridgehead atoms. The highest BCUT2D eigenvalue weighted by molar-refractivity contribution is 5.92. The molecule has 3 heteroatoms. The number of ether oxygens (including phenoxy) is 1. The van der Waals surface area contributed by atoms with E-state index >= 15 is 0 Å². The Hall–Kier alpha value is -1.77. The average molecular weight is 244 g/mol. The molecule has 0 atom stereocenters. The maximum atomic E-state index is 5.24. The molecule has 96 valence electrons. The van der Waals surface area contributed by atoms with Gasteiger partial charge in [-0.15, -0.1) is 0 Å². The third-order valence-electron chi connectivity index (χ3n) is 2.85. The first-order chi connectivity index (χ1) is 8.60. The Morgan fingerprint density at radius 1 is 1.28 bits per heavy atom. The van der Waals surface area contributed by atoms with E-state index < -0.39 is 0 Å². The normalized spacial score (nSPS) is 10.9. The zero-order valence-corrected chi connectivity index (χ0v) is 11.4. The largest absolute Gasteiger partial charge is 0.497 e. The fourth-order valence-corrected chi connectivity index (χ4v) is 1.93. The highest BCUT2D eigenvalue weighted by Crippen LogP contribution is 2.26. The van der Waals surface area contributed by atoms with Crippen LogP contribution in [0.3, 0.4) is 0 Å². The fourth-order valence-electron chi connectivity index (χ4n) is 1.93. The molecule has 0 aliphatic heterocycles. The van der Waals surface area contributed by atoms with Gasteiger partial charge < -0.3 is 10.1 Å². The van der Waals surface area contributed by atoms with E-state index in [2.05, 4.69) is 36.3 Å².